The molecule has 1 aromatic rings. The number of hydrogen-bond donors (Lipinski definition) is 1. The van der Waals surface area contributed by atoms with E-state index in [1.807, 2.05) is 13.0 Å². The fourth-order valence-electron chi connectivity index (χ4n) is 0.783. The zero-order chi connectivity index (χ0) is 7.56. The first-order valence-electron chi connectivity index (χ1n) is 3.19. The van der Waals surface area contributed by atoms with Crippen LogP contribution in [0.25, 0.3) is 0 Å². The van der Waals surface area contributed by atoms with Gasteiger partial charge in [0.15, 0.2) is 0 Å². The highest BCUT2D eigenvalue weighted by molar-refractivity contribution is 9.10. The molecule has 0 aromatic carbocycles. The highest BCUT2D eigenvalue weighted by Gasteiger charge is 2.02. The smallest absolute Gasteiger partial charge is 0.115 e. The molecule has 3 heteroatoms. The SMILES string of the molecule is Cc1oc(CCN)cc1Br. The predicted molar refractivity (Wildman–Crippen MR) is 43.9 cm³/mol. The molecule has 0 aliphatic rings. The number of nitrogens with two attached hydrogens (primary N) is 1. The average Bonchev–Trinajstić information content (AvgIpc) is 2.14. The molecule has 0 aliphatic carbocycles. The van der Waals surface area contributed by atoms with Gasteiger partial charge in [0.05, 0.1) is 4.47 Å². The fraction of sp³-hybridized carbons (Fsp3) is 0.429. The topological polar surface area (TPSA) is 39.2 Å². The van der Waals surface area contributed by atoms with Gasteiger partial charge in [-0.2, -0.15) is 0 Å². The van der Waals surface area contributed by atoms with Crippen molar-refractivity contribution >= 4 is 15.9 Å². The molecule has 10 heavy (non-hydrogen) atoms. The van der Waals surface area contributed by atoms with Gasteiger partial charge in [0.1, 0.15) is 11.5 Å². The van der Waals surface area contributed by atoms with Crippen LogP contribution >= 0.6 is 15.9 Å². The van der Waals surface area contributed by atoms with Gasteiger partial charge < -0.3 is 10.2 Å². The molecule has 2 nitrogen and oxygen atoms in total. The van der Waals surface area contributed by atoms with Crippen LogP contribution in [0.3, 0.4) is 0 Å². The summed E-state index contributed by atoms with van der Waals surface area (Å²) in [6.07, 6.45) is 0.812. The average molecular weight is 204 g/mol. The van der Waals surface area contributed by atoms with Crippen LogP contribution in [-0.4, -0.2) is 6.54 Å². The van der Waals surface area contributed by atoms with E-state index < -0.39 is 0 Å². The molecule has 1 rings (SSSR count). The summed E-state index contributed by atoms with van der Waals surface area (Å²) in [7, 11) is 0. The van der Waals surface area contributed by atoms with Gasteiger partial charge in [-0.05, 0) is 35.5 Å². The molecule has 0 fully saturated rings. The minimum absolute atomic E-state index is 0.638. The normalized spacial score (nSPS) is 10.3. The molecule has 56 valence electrons. The van der Waals surface area contributed by atoms with Crippen molar-refractivity contribution in [2.24, 2.45) is 5.73 Å². The van der Waals surface area contributed by atoms with Gasteiger partial charge >= 0.3 is 0 Å². The molecule has 0 atom stereocenters. The van der Waals surface area contributed by atoms with Crippen molar-refractivity contribution in [3.63, 3.8) is 0 Å². The van der Waals surface area contributed by atoms with Crippen LogP contribution in [0.15, 0.2) is 15.0 Å². The summed E-state index contributed by atoms with van der Waals surface area (Å²) in [5, 5.41) is 0. The van der Waals surface area contributed by atoms with Crippen molar-refractivity contribution in [2.45, 2.75) is 13.3 Å². The minimum Gasteiger partial charge on any atom is -0.465 e. The van der Waals surface area contributed by atoms with E-state index in [4.69, 9.17) is 10.2 Å². The molecule has 0 spiro atoms. The summed E-state index contributed by atoms with van der Waals surface area (Å²) >= 11 is 3.35. The lowest BCUT2D eigenvalue weighted by Crippen LogP contribution is -2.01. The molecular formula is C7H10BrNO. The molecule has 0 aliphatic heterocycles. The van der Waals surface area contributed by atoms with Crippen LogP contribution < -0.4 is 5.73 Å². The van der Waals surface area contributed by atoms with Crippen molar-refractivity contribution < 1.29 is 4.42 Å². The van der Waals surface area contributed by atoms with E-state index in [-0.39, 0.29) is 0 Å². The highest BCUT2D eigenvalue weighted by atomic mass is 79.9. The van der Waals surface area contributed by atoms with Gasteiger partial charge in [0.2, 0.25) is 0 Å². The van der Waals surface area contributed by atoms with Crippen LogP contribution in [0.5, 0.6) is 0 Å². The Labute approximate surface area is 68.5 Å². The maximum Gasteiger partial charge on any atom is 0.115 e. The Bertz CT molecular complexity index is 200. The lowest BCUT2D eigenvalue weighted by atomic mass is 10.3. The molecule has 0 saturated carbocycles. The second-order valence-electron chi connectivity index (χ2n) is 2.16. The fourth-order valence-corrected chi connectivity index (χ4v) is 1.12. The van der Waals surface area contributed by atoms with Gasteiger partial charge in [0, 0.05) is 6.42 Å². The molecule has 0 unspecified atom stereocenters. The monoisotopic (exact) mass is 203 g/mol. The third-order valence-corrected chi connectivity index (χ3v) is 2.09. The van der Waals surface area contributed by atoms with Gasteiger partial charge in [0.25, 0.3) is 0 Å². The third-order valence-electron chi connectivity index (χ3n) is 1.30. The first kappa shape index (κ1) is 7.82. The summed E-state index contributed by atoms with van der Waals surface area (Å²) < 4.78 is 6.35. The Kier molecular flexibility index (Phi) is 2.51. The van der Waals surface area contributed by atoms with Crippen molar-refractivity contribution in [3.8, 4) is 0 Å². The largest absolute Gasteiger partial charge is 0.465 e. The van der Waals surface area contributed by atoms with E-state index in [0.29, 0.717) is 6.54 Å². The summed E-state index contributed by atoms with van der Waals surface area (Å²) in [5.41, 5.74) is 5.34. The first-order valence-corrected chi connectivity index (χ1v) is 3.98. The number of furan rings is 1. The summed E-state index contributed by atoms with van der Waals surface area (Å²) in [5.74, 6) is 1.87. The van der Waals surface area contributed by atoms with Gasteiger partial charge in [-0.3, -0.25) is 0 Å². The maximum absolute atomic E-state index is 5.34. The first-order chi connectivity index (χ1) is 4.74. The van der Waals surface area contributed by atoms with E-state index in [2.05, 4.69) is 15.9 Å². The number of hydrogen-bond acceptors (Lipinski definition) is 2. The number of aryl methyl sites for hydroxylation is 1. The van der Waals surface area contributed by atoms with Crippen LogP contribution in [0, 0.1) is 6.92 Å². The van der Waals surface area contributed by atoms with Gasteiger partial charge in [-0.15, -0.1) is 0 Å². The Morgan fingerprint density at radius 1 is 1.70 bits per heavy atom. The Morgan fingerprint density at radius 3 is 2.80 bits per heavy atom. The molecular weight excluding hydrogens is 194 g/mol. The highest BCUT2D eigenvalue weighted by Crippen LogP contribution is 2.20. The molecule has 2 N–H and O–H groups in total. The molecule has 1 aromatic heterocycles. The molecule has 0 radical (unpaired) electrons. The van der Waals surface area contributed by atoms with Crippen molar-refractivity contribution in [2.75, 3.05) is 6.54 Å². The maximum atomic E-state index is 5.34. The van der Waals surface area contributed by atoms with Crippen LogP contribution in [0.4, 0.5) is 0 Å². The Balaban J connectivity index is 2.77. The van der Waals surface area contributed by atoms with Crippen LogP contribution in [0.1, 0.15) is 11.5 Å². The zero-order valence-corrected chi connectivity index (χ0v) is 7.44. The van der Waals surface area contributed by atoms with Crippen LogP contribution in [0.2, 0.25) is 0 Å². The van der Waals surface area contributed by atoms with Crippen molar-refractivity contribution in [1.29, 1.82) is 0 Å². The van der Waals surface area contributed by atoms with Crippen molar-refractivity contribution in [3.05, 3.63) is 22.1 Å². The Hall–Kier alpha value is -0.280. The van der Waals surface area contributed by atoms with Gasteiger partial charge in [-0.1, -0.05) is 0 Å². The predicted octanol–water partition coefficient (Wildman–Crippen LogP) is 1.85. The second-order valence-corrected chi connectivity index (χ2v) is 3.01. The number of rotatable bonds is 2. The lowest BCUT2D eigenvalue weighted by molar-refractivity contribution is 0.483. The number of halogens is 1. The molecule has 0 bridgehead atoms. The quantitative estimate of drug-likeness (QED) is 0.798. The van der Waals surface area contributed by atoms with E-state index in [9.17, 15) is 0 Å². The summed E-state index contributed by atoms with van der Waals surface area (Å²) in [6, 6.07) is 1.96. The molecule has 0 amide bonds. The summed E-state index contributed by atoms with van der Waals surface area (Å²) in [6.45, 7) is 2.56. The summed E-state index contributed by atoms with van der Waals surface area (Å²) in [4.78, 5) is 0. The van der Waals surface area contributed by atoms with E-state index >= 15 is 0 Å². The lowest BCUT2D eigenvalue weighted by Gasteiger charge is -1.88. The van der Waals surface area contributed by atoms with E-state index in [1.165, 1.54) is 0 Å². The second kappa shape index (κ2) is 3.21. The Morgan fingerprint density at radius 2 is 2.40 bits per heavy atom. The molecule has 0 saturated heterocycles. The van der Waals surface area contributed by atoms with E-state index in [1.54, 1.807) is 0 Å². The van der Waals surface area contributed by atoms with Gasteiger partial charge in [-0.25, -0.2) is 0 Å². The van der Waals surface area contributed by atoms with E-state index in [0.717, 1.165) is 22.4 Å². The third kappa shape index (κ3) is 1.61. The zero-order valence-electron chi connectivity index (χ0n) is 5.86. The minimum atomic E-state index is 0.638. The van der Waals surface area contributed by atoms with Crippen LogP contribution in [-0.2, 0) is 6.42 Å². The standard InChI is InChI=1S/C7H10BrNO/c1-5-7(8)4-6(10-5)2-3-9/h4H,2-3,9H2,1H3. The van der Waals surface area contributed by atoms with Crippen molar-refractivity contribution in [1.82, 2.24) is 0 Å². The molecule has 1 heterocycles.